The molecule has 0 aliphatic heterocycles. The molecule has 6 heteroatoms. The quantitative estimate of drug-likeness (QED) is 0.772. The lowest BCUT2D eigenvalue weighted by atomic mass is 9.96. The summed E-state index contributed by atoms with van der Waals surface area (Å²) in [6, 6.07) is 1.08. The van der Waals surface area contributed by atoms with Crippen molar-refractivity contribution in [1.29, 1.82) is 0 Å². The van der Waals surface area contributed by atoms with Crippen LogP contribution < -0.4 is 5.73 Å². The lowest BCUT2D eigenvalue weighted by Gasteiger charge is -2.22. The monoisotopic (exact) mass is 238 g/mol. The summed E-state index contributed by atoms with van der Waals surface area (Å²) in [6.45, 7) is 1.15. The average molecular weight is 239 g/mol. The molecule has 0 spiro atoms. The summed E-state index contributed by atoms with van der Waals surface area (Å²) in [5.74, 6) is -0.712. The Hall–Kier alpha value is -0.420. The first-order valence-corrected chi connectivity index (χ1v) is 4.56. The molecule has 1 aromatic heterocycles. The average Bonchev–Trinajstić information content (AvgIpc) is 2.11. The molecule has 3 nitrogen and oxygen atoms in total. The fourth-order valence-electron chi connectivity index (χ4n) is 0.931. The molecule has 1 unspecified atom stereocenters. The standard InChI is InChI=1S/C8H9Cl2FN2O/c1-8(12,3-14)4-2-5(11)7(10)13-6(4)9/h2,14H,3,12H2,1H3. The van der Waals surface area contributed by atoms with E-state index in [1.807, 2.05) is 0 Å². The molecule has 1 atom stereocenters. The molecule has 0 saturated heterocycles. The number of hydrogen-bond donors (Lipinski definition) is 2. The first kappa shape index (κ1) is 11.7. The van der Waals surface area contributed by atoms with Crippen molar-refractivity contribution in [2.75, 3.05) is 6.61 Å². The van der Waals surface area contributed by atoms with Gasteiger partial charge in [0.25, 0.3) is 0 Å². The van der Waals surface area contributed by atoms with E-state index in [0.29, 0.717) is 0 Å². The van der Waals surface area contributed by atoms with Crippen LogP contribution in [0.2, 0.25) is 10.3 Å². The van der Waals surface area contributed by atoms with Crippen molar-refractivity contribution in [2.24, 2.45) is 5.73 Å². The van der Waals surface area contributed by atoms with Crippen molar-refractivity contribution in [3.63, 3.8) is 0 Å². The molecule has 0 fully saturated rings. The van der Waals surface area contributed by atoms with E-state index in [9.17, 15) is 4.39 Å². The summed E-state index contributed by atoms with van der Waals surface area (Å²) in [7, 11) is 0. The topological polar surface area (TPSA) is 59.1 Å². The molecule has 0 aliphatic carbocycles. The largest absolute Gasteiger partial charge is 0.394 e. The van der Waals surface area contributed by atoms with Crippen molar-refractivity contribution in [3.8, 4) is 0 Å². The third-order valence-electron chi connectivity index (χ3n) is 1.83. The SMILES string of the molecule is CC(N)(CO)c1cc(F)c(Cl)nc1Cl. The van der Waals surface area contributed by atoms with Gasteiger partial charge < -0.3 is 10.8 Å². The van der Waals surface area contributed by atoms with Crippen LogP contribution in [0.4, 0.5) is 4.39 Å². The van der Waals surface area contributed by atoms with Crippen molar-refractivity contribution < 1.29 is 9.50 Å². The summed E-state index contributed by atoms with van der Waals surface area (Å²) >= 11 is 11.1. The van der Waals surface area contributed by atoms with Gasteiger partial charge in [0.05, 0.1) is 12.1 Å². The summed E-state index contributed by atoms with van der Waals surface area (Å²) < 4.78 is 13.0. The number of nitrogens with zero attached hydrogens (tertiary/aromatic N) is 1. The number of hydrogen-bond acceptors (Lipinski definition) is 3. The second kappa shape index (κ2) is 3.98. The van der Waals surface area contributed by atoms with Gasteiger partial charge >= 0.3 is 0 Å². The highest BCUT2D eigenvalue weighted by Gasteiger charge is 2.25. The van der Waals surface area contributed by atoms with Gasteiger partial charge in [0.2, 0.25) is 0 Å². The number of pyridine rings is 1. The zero-order valence-electron chi connectivity index (χ0n) is 7.39. The van der Waals surface area contributed by atoms with Crippen molar-refractivity contribution >= 4 is 23.2 Å². The molecule has 0 saturated carbocycles. The first-order chi connectivity index (χ1) is 6.38. The minimum absolute atomic E-state index is 0.00421. The molecule has 0 amide bonds. The smallest absolute Gasteiger partial charge is 0.166 e. The first-order valence-electron chi connectivity index (χ1n) is 3.80. The fourth-order valence-corrected chi connectivity index (χ4v) is 1.47. The summed E-state index contributed by atoms with van der Waals surface area (Å²) in [5.41, 5.74) is 4.77. The van der Waals surface area contributed by atoms with Gasteiger partial charge in [-0.2, -0.15) is 0 Å². The molecular formula is C8H9Cl2FN2O. The van der Waals surface area contributed by atoms with Gasteiger partial charge in [-0.25, -0.2) is 9.37 Å². The van der Waals surface area contributed by atoms with Gasteiger partial charge in [0, 0.05) is 5.56 Å². The molecule has 0 aromatic carbocycles. The van der Waals surface area contributed by atoms with Crippen LogP contribution in [0, 0.1) is 5.82 Å². The number of halogens is 3. The van der Waals surface area contributed by atoms with Crippen molar-refractivity contribution in [2.45, 2.75) is 12.5 Å². The maximum absolute atomic E-state index is 13.0. The molecule has 1 aromatic rings. The highest BCUT2D eigenvalue weighted by molar-refractivity contribution is 6.33. The molecule has 14 heavy (non-hydrogen) atoms. The Morgan fingerprint density at radius 2 is 2.14 bits per heavy atom. The normalized spacial score (nSPS) is 15.3. The van der Waals surface area contributed by atoms with Crippen LogP contribution in [0.5, 0.6) is 0 Å². The minimum atomic E-state index is -1.13. The number of nitrogens with two attached hydrogens (primary N) is 1. The summed E-state index contributed by atoms with van der Waals surface area (Å²) in [4.78, 5) is 3.55. The third kappa shape index (κ3) is 2.15. The van der Waals surface area contributed by atoms with E-state index in [2.05, 4.69) is 4.98 Å². The van der Waals surface area contributed by atoms with Crippen LogP contribution in [-0.2, 0) is 5.54 Å². The molecule has 0 radical (unpaired) electrons. The number of aromatic nitrogens is 1. The molecule has 3 N–H and O–H groups in total. The van der Waals surface area contributed by atoms with E-state index in [1.54, 1.807) is 0 Å². The highest BCUT2D eigenvalue weighted by atomic mass is 35.5. The number of aliphatic hydroxyl groups excluding tert-OH is 1. The molecule has 1 heterocycles. The summed E-state index contributed by atoms with van der Waals surface area (Å²) in [6.07, 6.45) is 0. The zero-order valence-corrected chi connectivity index (χ0v) is 8.90. The molecule has 78 valence electrons. The third-order valence-corrected chi connectivity index (χ3v) is 2.38. The van der Waals surface area contributed by atoms with Crippen molar-refractivity contribution in [3.05, 3.63) is 27.8 Å². The van der Waals surface area contributed by atoms with Crippen LogP contribution in [0.15, 0.2) is 6.07 Å². The van der Waals surface area contributed by atoms with Gasteiger partial charge in [0.1, 0.15) is 5.15 Å². The van der Waals surface area contributed by atoms with Gasteiger partial charge in [-0.3, -0.25) is 0 Å². The van der Waals surface area contributed by atoms with E-state index >= 15 is 0 Å². The van der Waals surface area contributed by atoms with Gasteiger partial charge in [-0.1, -0.05) is 23.2 Å². The van der Waals surface area contributed by atoms with E-state index in [0.717, 1.165) is 6.07 Å². The van der Waals surface area contributed by atoms with Crippen LogP contribution >= 0.6 is 23.2 Å². The Morgan fingerprint density at radius 3 is 2.64 bits per heavy atom. The van der Waals surface area contributed by atoms with E-state index in [4.69, 9.17) is 34.0 Å². The second-order valence-corrected chi connectivity index (χ2v) is 3.89. The predicted octanol–water partition coefficient (Wildman–Crippen LogP) is 1.69. The molecule has 0 bridgehead atoms. The minimum Gasteiger partial charge on any atom is -0.394 e. The van der Waals surface area contributed by atoms with Gasteiger partial charge in [0.15, 0.2) is 11.0 Å². The van der Waals surface area contributed by atoms with Crippen molar-refractivity contribution in [1.82, 2.24) is 4.98 Å². The van der Waals surface area contributed by atoms with E-state index in [-0.39, 0.29) is 22.5 Å². The van der Waals surface area contributed by atoms with Crippen LogP contribution in [0.25, 0.3) is 0 Å². The Morgan fingerprint density at radius 1 is 1.57 bits per heavy atom. The van der Waals surface area contributed by atoms with E-state index in [1.165, 1.54) is 6.92 Å². The fraction of sp³-hybridized carbons (Fsp3) is 0.375. The lowest BCUT2D eigenvalue weighted by Crippen LogP contribution is -2.37. The maximum atomic E-state index is 13.0. The molecule has 1 rings (SSSR count). The molecule has 0 aliphatic rings. The van der Waals surface area contributed by atoms with Crippen LogP contribution in [-0.4, -0.2) is 16.7 Å². The lowest BCUT2D eigenvalue weighted by molar-refractivity contribution is 0.209. The highest BCUT2D eigenvalue weighted by Crippen LogP contribution is 2.27. The van der Waals surface area contributed by atoms with Gasteiger partial charge in [-0.05, 0) is 13.0 Å². The Bertz CT molecular complexity index is 357. The van der Waals surface area contributed by atoms with Gasteiger partial charge in [-0.15, -0.1) is 0 Å². The Balaban J connectivity index is 3.29. The van der Waals surface area contributed by atoms with E-state index < -0.39 is 11.4 Å². The Kier molecular flexibility index (Phi) is 3.32. The predicted molar refractivity (Wildman–Crippen MR) is 52.8 cm³/mol. The summed E-state index contributed by atoms with van der Waals surface area (Å²) in [5, 5.41) is 8.65. The molecular weight excluding hydrogens is 230 g/mol. The Labute approximate surface area is 90.7 Å². The van der Waals surface area contributed by atoms with Crippen LogP contribution in [0.3, 0.4) is 0 Å². The second-order valence-electron chi connectivity index (χ2n) is 3.17. The zero-order chi connectivity index (χ0) is 10.9. The maximum Gasteiger partial charge on any atom is 0.166 e. The number of rotatable bonds is 2. The number of aliphatic hydroxyl groups is 1. The van der Waals surface area contributed by atoms with Crippen LogP contribution in [0.1, 0.15) is 12.5 Å².